The fourth-order valence-electron chi connectivity index (χ4n) is 8.33. The van der Waals surface area contributed by atoms with Crippen molar-refractivity contribution in [2.24, 2.45) is 0 Å². The zero-order valence-corrected chi connectivity index (χ0v) is 40.3. The van der Waals surface area contributed by atoms with Gasteiger partial charge >= 0.3 is 36.6 Å². The number of amides is 2. The molecule has 0 fully saturated rings. The first-order chi connectivity index (χ1) is 37.0. The monoisotopic (exact) mass is 1110 g/mol. The first-order valence-corrected chi connectivity index (χ1v) is 23.2. The molecular formula is C54H46F12N4O8. The van der Waals surface area contributed by atoms with E-state index in [2.05, 4.69) is 21.3 Å². The number of ether oxygens (including phenoxy) is 4. The molecule has 6 aromatic carbocycles. The van der Waals surface area contributed by atoms with Crippen LogP contribution in [0, 0.1) is 0 Å². The summed E-state index contributed by atoms with van der Waals surface area (Å²) in [5, 5.41) is 10.4. The van der Waals surface area contributed by atoms with Crippen molar-refractivity contribution in [1.29, 1.82) is 0 Å². The molecule has 4 N–H and O–H groups in total. The Morgan fingerprint density at radius 3 is 0.897 bits per heavy atom. The van der Waals surface area contributed by atoms with Crippen LogP contribution in [0.4, 0.5) is 52.7 Å². The Morgan fingerprint density at radius 1 is 0.410 bits per heavy atom. The molecule has 0 heterocycles. The van der Waals surface area contributed by atoms with Crippen LogP contribution < -0.4 is 21.3 Å². The number of carbonyl (C=O) groups is 4. The van der Waals surface area contributed by atoms with Crippen LogP contribution in [0.15, 0.2) is 158 Å². The van der Waals surface area contributed by atoms with Gasteiger partial charge in [-0.15, -0.1) is 0 Å². The Hall–Kier alpha value is -7.80. The molecule has 0 saturated heterocycles. The first-order valence-electron chi connectivity index (χ1n) is 23.2. The molecule has 2 amide bonds. The molecule has 4 unspecified atom stereocenters. The van der Waals surface area contributed by atoms with E-state index >= 15 is 0 Å². The predicted molar refractivity (Wildman–Crippen MR) is 254 cm³/mol. The lowest BCUT2D eigenvalue weighted by Crippen LogP contribution is -2.52. The summed E-state index contributed by atoms with van der Waals surface area (Å²) >= 11 is 0. The molecule has 0 saturated carbocycles. The van der Waals surface area contributed by atoms with E-state index in [4.69, 9.17) is 18.9 Å². The van der Waals surface area contributed by atoms with Gasteiger partial charge in [0.15, 0.2) is 0 Å². The number of alkyl halides is 12. The van der Waals surface area contributed by atoms with E-state index in [-0.39, 0.29) is 25.0 Å². The molecule has 6 aromatic rings. The topological polar surface area (TPSA) is 153 Å². The maximum atomic E-state index is 14.4. The summed E-state index contributed by atoms with van der Waals surface area (Å²) in [5.41, 5.74) is -6.75. The van der Waals surface area contributed by atoms with Crippen molar-refractivity contribution in [3.8, 4) is 0 Å². The van der Waals surface area contributed by atoms with Gasteiger partial charge in [0.25, 0.3) is 0 Å². The number of esters is 2. The average Bonchev–Trinajstić information content (AvgIpc) is 3.45. The average molecular weight is 1110 g/mol. The zero-order valence-electron chi connectivity index (χ0n) is 40.3. The first kappa shape index (κ1) is 59.4. The fourth-order valence-corrected chi connectivity index (χ4v) is 8.33. The van der Waals surface area contributed by atoms with E-state index in [1.54, 1.807) is 121 Å². The second kappa shape index (κ2) is 26.5. The Labute approximate surface area is 437 Å². The number of hydrogen-bond donors (Lipinski definition) is 4. The van der Waals surface area contributed by atoms with Gasteiger partial charge in [-0.2, -0.15) is 52.7 Å². The number of halogens is 12. The van der Waals surface area contributed by atoms with Gasteiger partial charge in [0.2, 0.25) is 25.4 Å². The van der Waals surface area contributed by atoms with E-state index in [1.165, 1.54) is 0 Å². The van der Waals surface area contributed by atoms with Crippen molar-refractivity contribution in [3.63, 3.8) is 0 Å². The van der Waals surface area contributed by atoms with Gasteiger partial charge in [-0.25, -0.2) is 9.59 Å². The standard InChI is InChI=1S/C54H46F12N4O8/c55-51(56,57)39-21-33(22-40(25-39)52(58,59)60)27-75-49(45(69-29-67-31-71)43(35-13-5-1-6-14-35)36-15-7-2-8-16-36)77-47(73)48(74)78-50(76-28-34-23-41(53(61,62)63)26-42(24-34)54(64,65)66)46(70-30-68-32-72)44(37-17-9-3-10-18-37)38-19-11-4-12-20-38/h1-26,31-32,43-46,49-50,69-70H,27-30H2,(H,67,71)(H,68,72). The number of rotatable bonds is 24. The summed E-state index contributed by atoms with van der Waals surface area (Å²) in [6, 6.07) is 30.2. The van der Waals surface area contributed by atoms with Gasteiger partial charge < -0.3 is 29.6 Å². The molecule has 0 spiro atoms. The second-order valence-corrected chi connectivity index (χ2v) is 17.1. The van der Waals surface area contributed by atoms with E-state index in [0.717, 1.165) is 0 Å². The predicted octanol–water partition coefficient (Wildman–Crippen LogP) is 10.2. The van der Waals surface area contributed by atoms with Crippen LogP contribution >= 0.6 is 0 Å². The van der Waals surface area contributed by atoms with Crippen LogP contribution in [0.2, 0.25) is 0 Å². The molecule has 0 aliphatic carbocycles. The molecule has 0 aliphatic rings. The fraction of sp³-hybridized carbons (Fsp3) is 0.259. The largest absolute Gasteiger partial charge is 0.426 e. The quantitative estimate of drug-likeness (QED) is 0.0115. The summed E-state index contributed by atoms with van der Waals surface area (Å²) in [6.07, 6.45) is -25.2. The third kappa shape index (κ3) is 16.6. The lowest BCUT2D eigenvalue weighted by molar-refractivity contribution is -0.213. The molecule has 414 valence electrons. The van der Waals surface area contributed by atoms with E-state index in [0.29, 0.717) is 46.5 Å². The summed E-state index contributed by atoms with van der Waals surface area (Å²) in [4.78, 5) is 51.9. The maximum absolute atomic E-state index is 14.4. The molecule has 0 aliphatic heterocycles. The molecule has 24 heteroatoms. The number of benzene rings is 6. The lowest BCUT2D eigenvalue weighted by atomic mass is 9.84. The van der Waals surface area contributed by atoms with E-state index in [9.17, 15) is 71.9 Å². The van der Waals surface area contributed by atoms with Gasteiger partial charge in [-0.05, 0) is 69.8 Å². The highest BCUT2D eigenvalue weighted by molar-refractivity contribution is 6.29. The van der Waals surface area contributed by atoms with Crippen LogP contribution in [0.3, 0.4) is 0 Å². The summed E-state index contributed by atoms with van der Waals surface area (Å²) in [5.74, 6) is -6.13. The maximum Gasteiger partial charge on any atom is 0.419 e. The number of hydrogen-bond acceptors (Lipinski definition) is 10. The Balaban J connectivity index is 1.48. The number of carbonyl (C=O) groups excluding carboxylic acids is 4. The van der Waals surface area contributed by atoms with Gasteiger partial charge in [-0.1, -0.05) is 121 Å². The Kier molecular flexibility index (Phi) is 20.2. The summed E-state index contributed by atoms with van der Waals surface area (Å²) < 4.78 is 192. The SMILES string of the molecule is O=CNCNC(C(OCc1cc(C(F)(F)F)cc(C(F)(F)F)c1)OC(=O)C(=O)OC(OCc1cc(C(F)(F)F)cc(C(F)(F)F)c1)C(NCNC=O)C(c1ccccc1)c1ccccc1)C(c1ccccc1)c1ccccc1. The third-order valence-corrected chi connectivity index (χ3v) is 11.7. The highest BCUT2D eigenvalue weighted by Crippen LogP contribution is 2.40. The van der Waals surface area contributed by atoms with Crippen LogP contribution in [0.5, 0.6) is 0 Å². The van der Waals surface area contributed by atoms with Gasteiger partial charge in [0.1, 0.15) is 0 Å². The van der Waals surface area contributed by atoms with Crippen molar-refractivity contribution in [2.75, 3.05) is 13.3 Å². The summed E-state index contributed by atoms with van der Waals surface area (Å²) in [7, 11) is 0. The van der Waals surface area contributed by atoms with E-state index in [1.807, 2.05) is 0 Å². The van der Waals surface area contributed by atoms with E-state index < -0.39 is 133 Å². The molecule has 0 aromatic heterocycles. The minimum atomic E-state index is -5.31. The smallest absolute Gasteiger partial charge is 0.419 e. The van der Waals surface area contributed by atoms with Crippen LogP contribution in [-0.4, -0.2) is 62.8 Å². The van der Waals surface area contributed by atoms with Gasteiger partial charge in [0.05, 0.1) is 60.9 Å². The van der Waals surface area contributed by atoms with Gasteiger partial charge in [-0.3, -0.25) is 20.2 Å². The molecule has 6 rings (SSSR count). The highest BCUT2D eigenvalue weighted by atomic mass is 19.4. The lowest BCUT2D eigenvalue weighted by Gasteiger charge is -2.35. The van der Waals surface area contributed by atoms with Crippen LogP contribution in [-0.2, 0) is 76.0 Å². The highest BCUT2D eigenvalue weighted by Gasteiger charge is 2.43. The van der Waals surface area contributed by atoms with Crippen molar-refractivity contribution in [2.45, 2.75) is 74.4 Å². The van der Waals surface area contributed by atoms with Crippen molar-refractivity contribution in [3.05, 3.63) is 213 Å². The second-order valence-electron chi connectivity index (χ2n) is 17.1. The molecule has 4 atom stereocenters. The van der Waals surface area contributed by atoms with Crippen molar-refractivity contribution >= 4 is 24.8 Å². The number of nitrogens with one attached hydrogen (secondary N) is 4. The Morgan fingerprint density at radius 2 is 0.667 bits per heavy atom. The van der Waals surface area contributed by atoms with Gasteiger partial charge in [0, 0.05) is 11.8 Å². The Bertz CT molecular complexity index is 2560. The normalized spacial score (nSPS) is 13.8. The minimum absolute atomic E-state index is 0.134. The van der Waals surface area contributed by atoms with Crippen molar-refractivity contribution < 1.29 is 90.8 Å². The van der Waals surface area contributed by atoms with Crippen LogP contribution in [0.25, 0.3) is 0 Å². The molecule has 12 nitrogen and oxygen atoms in total. The minimum Gasteiger partial charge on any atom is -0.426 e. The molecule has 0 bridgehead atoms. The molecule has 0 radical (unpaired) electrons. The third-order valence-electron chi connectivity index (χ3n) is 11.7. The van der Waals surface area contributed by atoms with Crippen molar-refractivity contribution in [1.82, 2.24) is 21.3 Å². The molecular weight excluding hydrogens is 1060 g/mol. The van der Waals surface area contributed by atoms with Crippen LogP contribution in [0.1, 0.15) is 67.5 Å². The zero-order chi connectivity index (χ0) is 56.7. The summed E-state index contributed by atoms with van der Waals surface area (Å²) in [6.45, 7) is -3.30. The molecule has 78 heavy (non-hydrogen) atoms.